The van der Waals surface area contributed by atoms with Crippen molar-refractivity contribution in [3.63, 3.8) is 0 Å². The average Bonchev–Trinajstić information content (AvgIpc) is 2.25. The fourth-order valence-electron chi connectivity index (χ4n) is 1.01. The minimum absolute atomic E-state index is 0.341. The highest BCUT2D eigenvalue weighted by atomic mass is 32.2. The molecule has 10 heteroatoms. The number of hydrogen-bond acceptors (Lipinski definition) is 5. The van der Waals surface area contributed by atoms with E-state index in [1.54, 1.807) is 4.72 Å². The summed E-state index contributed by atoms with van der Waals surface area (Å²) in [7, 11) is -4.24. The first-order valence-electron chi connectivity index (χ1n) is 4.59. The summed E-state index contributed by atoms with van der Waals surface area (Å²) < 4.78 is 60.7. The number of nitrogens with two attached hydrogens (primary N) is 1. The highest BCUT2D eigenvalue weighted by molar-refractivity contribution is 7.89. The molecular weight excluding hydrogens is 275 g/mol. The fourth-order valence-corrected chi connectivity index (χ4v) is 2.13. The van der Waals surface area contributed by atoms with Crippen molar-refractivity contribution in [1.29, 1.82) is 0 Å². The Balaban J connectivity index is 2.82. The summed E-state index contributed by atoms with van der Waals surface area (Å²) in [5, 5.41) is 8.67. The molecule has 0 amide bonds. The summed E-state index contributed by atoms with van der Waals surface area (Å²) in [6, 6.07) is 2.36. The molecule has 0 fully saturated rings. The first-order valence-corrected chi connectivity index (χ1v) is 6.08. The van der Waals surface area contributed by atoms with E-state index in [2.05, 4.69) is 4.98 Å². The molecule has 0 aromatic carbocycles. The van der Waals surface area contributed by atoms with Gasteiger partial charge < -0.3 is 10.8 Å². The molecule has 0 spiro atoms. The second-order valence-electron chi connectivity index (χ2n) is 3.30. The van der Waals surface area contributed by atoms with Crippen molar-refractivity contribution in [2.24, 2.45) is 0 Å². The van der Waals surface area contributed by atoms with Crippen LogP contribution >= 0.6 is 0 Å². The predicted octanol–water partition coefficient (Wildman–Crippen LogP) is -0.135. The van der Waals surface area contributed by atoms with Gasteiger partial charge in [-0.25, -0.2) is 18.1 Å². The molecule has 0 aliphatic carbocycles. The number of rotatable bonds is 4. The molecule has 0 saturated carbocycles. The van der Waals surface area contributed by atoms with Gasteiger partial charge in [0, 0.05) is 12.7 Å². The van der Waals surface area contributed by atoms with Crippen molar-refractivity contribution in [3.8, 4) is 0 Å². The third kappa shape index (κ3) is 3.55. The monoisotopic (exact) mass is 285 g/mol. The Kier molecular flexibility index (Phi) is 4.14. The first kappa shape index (κ1) is 14.7. The van der Waals surface area contributed by atoms with Crippen LogP contribution in [0.1, 0.15) is 0 Å². The molecule has 18 heavy (non-hydrogen) atoms. The Labute approximate surface area is 101 Å². The number of hydrogen-bond donors (Lipinski definition) is 3. The van der Waals surface area contributed by atoms with E-state index in [1.807, 2.05) is 0 Å². The molecule has 1 aromatic heterocycles. The number of sulfonamides is 1. The molecule has 1 unspecified atom stereocenters. The number of anilines is 1. The number of nitrogen functional groups attached to an aromatic ring is 1. The molecule has 1 heterocycles. The van der Waals surface area contributed by atoms with Gasteiger partial charge in [0.05, 0.1) is 0 Å². The lowest BCUT2D eigenvalue weighted by molar-refractivity contribution is -0.200. The largest absolute Gasteiger partial charge is 0.415 e. The van der Waals surface area contributed by atoms with E-state index < -0.39 is 33.7 Å². The van der Waals surface area contributed by atoms with E-state index in [-0.39, 0.29) is 5.82 Å². The topological polar surface area (TPSA) is 105 Å². The Morgan fingerprint density at radius 3 is 2.61 bits per heavy atom. The van der Waals surface area contributed by atoms with Gasteiger partial charge in [0.15, 0.2) is 6.10 Å². The van der Waals surface area contributed by atoms with Crippen molar-refractivity contribution in [2.45, 2.75) is 17.2 Å². The van der Waals surface area contributed by atoms with Crippen LogP contribution in [0.5, 0.6) is 0 Å². The molecule has 102 valence electrons. The smallest absolute Gasteiger partial charge is 0.383 e. The number of nitrogens with zero attached hydrogens (tertiary/aromatic N) is 1. The summed E-state index contributed by atoms with van der Waals surface area (Å²) in [6.45, 7) is -1.19. The summed E-state index contributed by atoms with van der Waals surface area (Å²) in [5.41, 5.74) is 5.28. The van der Waals surface area contributed by atoms with E-state index in [1.165, 1.54) is 12.3 Å². The SMILES string of the molecule is Nc1ncccc1S(=O)(=O)NCC(O)C(F)(F)F. The third-order valence-corrected chi connectivity index (χ3v) is 3.40. The van der Waals surface area contributed by atoms with Crippen LogP contribution in [0.4, 0.5) is 19.0 Å². The Morgan fingerprint density at radius 2 is 2.11 bits per heavy atom. The Morgan fingerprint density at radius 1 is 1.50 bits per heavy atom. The average molecular weight is 285 g/mol. The summed E-state index contributed by atoms with van der Waals surface area (Å²) in [6.07, 6.45) is -6.45. The van der Waals surface area contributed by atoms with Gasteiger partial charge in [-0.1, -0.05) is 0 Å². The lowest BCUT2D eigenvalue weighted by atomic mass is 10.4. The molecule has 0 saturated heterocycles. The Bertz CT molecular complexity index is 518. The normalized spacial score (nSPS) is 14.4. The zero-order valence-electron chi connectivity index (χ0n) is 8.85. The summed E-state index contributed by atoms with van der Waals surface area (Å²) in [4.78, 5) is 3.05. The van der Waals surface area contributed by atoms with Gasteiger partial charge in [-0.2, -0.15) is 13.2 Å². The maximum Gasteiger partial charge on any atom is 0.415 e. The number of nitrogens with one attached hydrogen (secondary N) is 1. The number of aromatic nitrogens is 1. The standard InChI is InChI=1S/C8H10F3N3O3S/c9-8(10,11)6(15)4-14-18(16,17)5-2-1-3-13-7(5)12/h1-3,6,14-15H,4H2,(H2,12,13). The van der Waals surface area contributed by atoms with Crippen molar-refractivity contribution < 1.29 is 26.7 Å². The molecule has 1 rings (SSSR count). The van der Waals surface area contributed by atoms with Crippen LogP contribution in [-0.2, 0) is 10.0 Å². The lowest BCUT2D eigenvalue weighted by Crippen LogP contribution is -2.40. The zero-order chi connectivity index (χ0) is 14.0. The number of aliphatic hydroxyl groups excluding tert-OH is 1. The first-order chi connectivity index (χ1) is 8.14. The van der Waals surface area contributed by atoms with Gasteiger partial charge in [0.2, 0.25) is 10.0 Å². The van der Waals surface area contributed by atoms with Crippen molar-refractivity contribution in [2.75, 3.05) is 12.3 Å². The minimum Gasteiger partial charge on any atom is -0.383 e. The van der Waals surface area contributed by atoms with E-state index in [9.17, 15) is 21.6 Å². The second kappa shape index (κ2) is 5.08. The van der Waals surface area contributed by atoms with Crippen LogP contribution in [0, 0.1) is 0 Å². The number of halogens is 3. The van der Waals surface area contributed by atoms with E-state index in [0.29, 0.717) is 0 Å². The van der Waals surface area contributed by atoms with Gasteiger partial charge in [-0.3, -0.25) is 0 Å². The Hall–Kier alpha value is -1.39. The third-order valence-electron chi connectivity index (χ3n) is 1.93. The van der Waals surface area contributed by atoms with Gasteiger partial charge in [0.1, 0.15) is 10.7 Å². The van der Waals surface area contributed by atoms with Gasteiger partial charge in [-0.05, 0) is 12.1 Å². The molecule has 0 aliphatic rings. The molecule has 1 aromatic rings. The van der Waals surface area contributed by atoms with Crippen molar-refractivity contribution >= 4 is 15.8 Å². The maximum atomic E-state index is 12.0. The molecule has 6 nitrogen and oxygen atoms in total. The quantitative estimate of drug-likeness (QED) is 0.714. The predicted molar refractivity (Wildman–Crippen MR) is 55.9 cm³/mol. The highest BCUT2D eigenvalue weighted by Gasteiger charge is 2.38. The molecule has 0 bridgehead atoms. The number of aliphatic hydroxyl groups is 1. The lowest BCUT2D eigenvalue weighted by Gasteiger charge is -2.15. The minimum atomic E-state index is -4.90. The van der Waals surface area contributed by atoms with Gasteiger partial charge >= 0.3 is 6.18 Å². The maximum absolute atomic E-state index is 12.0. The van der Waals surface area contributed by atoms with Crippen molar-refractivity contribution in [3.05, 3.63) is 18.3 Å². The summed E-state index contributed by atoms with van der Waals surface area (Å²) >= 11 is 0. The molecule has 0 radical (unpaired) electrons. The molecule has 0 aliphatic heterocycles. The van der Waals surface area contributed by atoms with E-state index in [0.717, 1.165) is 6.07 Å². The zero-order valence-corrected chi connectivity index (χ0v) is 9.66. The number of alkyl halides is 3. The highest BCUT2D eigenvalue weighted by Crippen LogP contribution is 2.20. The van der Waals surface area contributed by atoms with E-state index >= 15 is 0 Å². The summed E-state index contributed by atoms with van der Waals surface area (Å²) in [5.74, 6) is -0.341. The second-order valence-corrected chi connectivity index (χ2v) is 5.03. The van der Waals surface area contributed by atoms with Crippen LogP contribution in [0.25, 0.3) is 0 Å². The van der Waals surface area contributed by atoms with Crippen LogP contribution in [0.15, 0.2) is 23.2 Å². The van der Waals surface area contributed by atoms with Crippen LogP contribution in [0.3, 0.4) is 0 Å². The van der Waals surface area contributed by atoms with Crippen LogP contribution in [-0.4, -0.2) is 37.3 Å². The molecular formula is C8H10F3N3O3S. The van der Waals surface area contributed by atoms with Crippen molar-refractivity contribution in [1.82, 2.24) is 9.71 Å². The van der Waals surface area contributed by atoms with Gasteiger partial charge in [-0.15, -0.1) is 0 Å². The molecule has 4 N–H and O–H groups in total. The van der Waals surface area contributed by atoms with E-state index in [4.69, 9.17) is 10.8 Å². The number of pyridine rings is 1. The molecule has 1 atom stereocenters. The van der Waals surface area contributed by atoms with Gasteiger partial charge in [0.25, 0.3) is 0 Å². The fraction of sp³-hybridized carbons (Fsp3) is 0.375. The van der Waals surface area contributed by atoms with Crippen LogP contribution in [0.2, 0.25) is 0 Å². The van der Waals surface area contributed by atoms with Crippen LogP contribution < -0.4 is 10.5 Å².